The Hall–Kier alpha value is -1.13. The van der Waals surface area contributed by atoms with Gasteiger partial charge in [0.15, 0.2) is 0 Å². The van der Waals surface area contributed by atoms with Crippen LogP contribution in [0.5, 0.6) is 0 Å². The van der Waals surface area contributed by atoms with E-state index in [1.807, 2.05) is 10.9 Å². The monoisotopic (exact) mass is 249 g/mol. The molecule has 0 amide bonds. The van der Waals surface area contributed by atoms with Gasteiger partial charge in [-0.25, -0.2) is 0 Å². The molecule has 0 saturated carbocycles. The Kier molecular flexibility index (Phi) is 3.64. The zero-order valence-electron chi connectivity index (χ0n) is 10.6. The third-order valence-corrected chi connectivity index (χ3v) is 3.17. The number of nitrogens with one attached hydrogen (secondary N) is 1. The molecule has 0 aliphatic carbocycles. The predicted octanol–water partition coefficient (Wildman–Crippen LogP) is 2.88. The third-order valence-electron chi connectivity index (χ3n) is 2.43. The molecule has 1 N–H and O–H groups in total. The lowest BCUT2D eigenvalue weighted by Crippen LogP contribution is -2.34. The van der Waals surface area contributed by atoms with Gasteiger partial charge in [-0.2, -0.15) is 16.4 Å². The van der Waals surface area contributed by atoms with Crippen LogP contribution in [0.15, 0.2) is 29.2 Å². The molecule has 2 rings (SSSR count). The fourth-order valence-electron chi connectivity index (χ4n) is 1.52. The van der Waals surface area contributed by atoms with E-state index in [2.05, 4.69) is 54.2 Å². The molecular weight excluding hydrogens is 230 g/mol. The summed E-state index contributed by atoms with van der Waals surface area (Å²) in [4.78, 5) is 0. The number of rotatable bonds is 4. The zero-order valence-corrected chi connectivity index (χ0v) is 11.4. The van der Waals surface area contributed by atoms with Crippen molar-refractivity contribution in [3.63, 3.8) is 0 Å². The van der Waals surface area contributed by atoms with E-state index in [1.165, 1.54) is 11.1 Å². The number of aromatic nitrogens is 2. The summed E-state index contributed by atoms with van der Waals surface area (Å²) >= 11 is 1.73. The minimum Gasteiger partial charge on any atom is -0.308 e. The Morgan fingerprint density at radius 1 is 1.35 bits per heavy atom. The van der Waals surface area contributed by atoms with E-state index < -0.39 is 0 Å². The van der Waals surface area contributed by atoms with Crippen LogP contribution < -0.4 is 5.32 Å². The quantitative estimate of drug-likeness (QED) is 0.903. The minimum absolute atomic E-state index is 0.148. The van der Waals surface area contributed by atoms with Crippen molar-refractivity contribution in [2.75, 3.05) is 0 Å². The first-order valence-corrected chi connectivity index (χ1v) is 6.75. The van der Waals surface area contributed by atoms with Crippen LogP contribution in [0.3, 0.4) is 0 Å². The minimum atomic E-state index is 0.148. The van der Waals surface area contributed by atoms with Gasteiger partial charge in [0.1, 0.15) is 0 Å². The summed E-state index contributed by atoms with van der Waals surface area (Å²) in [5.74, 6) is 0. The average molecular weight is 249 g/mol. The molecule has 0 atom stereocenters. The first-order valence-electron chi connectivity index (χ1n) is 5.80. The highest BCUT2D eigenvalue weighted by Gasteiger charge is 2.09. The maximum Gasteiger partial charge on any atom is 0.0667 e. The fraction of sp³-hybridized carbons (Fsp3) is 0.462. The first kappa shape index (κ1) is 12.3. The van der Waals surface area contributed by atoms with Gasteiger partial charge in [-0.3, -0.25) is 4.68 Å². The summed E-state index contributed by atoms with van der Waals surface area (Å²) in [5, 5.41) is 12.1. The number of thiophene rings is 1. The van der Waals surface area contributed by atoms with Crippen molar-refractivity contribution in [2.45, 2.75) is 39.4 Å². The van der Waals surface area contributed by atoms with Crippen molar-refractivity contribution in [3.8, 4) is 0 Å². The van der Waals surface area contributed by atoms with Gasteiger partial charge in [-0.15, -0.1) is 0 Å². The van der Waals surface area contributed by atoms with Crippen LogP contribution in [-0.2, 0) is 13.1 Å². The van der Waals surface area contributed by atoms with Crippen molar-refractivity contribution in [1.82, 2.24) is 15.1 Å². The lowest BCUT2D eigenvalue weighted by atomic mass is 10.1. The summed E-state index contributed by atoms with van der Waals surface area (Å²) in [6.07, 6.45) is 4.04. The van der Waals surface area contributed by atoms with Crippen LogP contribution in [0.1, 0.15) is 31.9 Å². The Morgan fingerprint density at radius 2 is 2.18 bits per heavy atom. The van der Waals surface area contributed by atoms with Gasteiger partial charge in [0, 0.05) is 23.8 Å². The molecule has 4 heteroatoms. The van der Waals surface area contributed by atoms with Crippen LogP contribution >= 0.6 is 11.3 Å². The maximum absolute atomic E-state index is 4.37. The van der Waals surface area contributed by atoms with Gasteiger partial charge in [-0.1, -0.05) is 0 Å². The van der Waals surface area contributed by atoms with E-state index >= 15 is 0 Å². The average Bonchev–Trinajstić information content (AvgIpc) is 2.86. The highest BCUT2D eigenvalue weighted by atomic mass is 32.1. The molecule has 0 saturated heterocycles. The maximum atomic E-state index is 4.37. The number of hydrogen-bond acceptors (Lipinski definition) is 3. The Bertz CT molecular complexity index is 451. The van der Waals surface area contributed by atoms with E-state index in [0.29, 0.717) is 0 Å². The van der Waals surface area contributed by atoms with Crippen molar-refractivity contribution >= 4 is 11.3 Å². The van der Waals surface area contributed by atoms with E-state index in [0.717, 1.165) is 13.1 Å². The lowest BCUT2D eigenvalue weighted by Gasteiger charge is -2.19. The Balaban J connectivity index is 1.92. The van der Waals surface area contributed by atoms with Crippen LogP contribution in [-0.4, -0.2) is 15.3 Å². The van der Waals surface area contributed by atoms with Crippen LogP contribution in [0.4, 0.5) is 0 Å². The van der Waals surface area contributed by atoms with Gasteiger partial charge in [0.25, 0.3) is 0 Å². The second-order valence-corrected chi connectivity index (χ2v) is 6.06. The van der Waals surface area contributed by atoms with Gasteiger partial charge < -0.3 is 5.32 Å². The summed E-state index contributed by atoms with van der Waals surface area (Å²) in [5.41, 5.74) is 2.69. The smallest absolute Gasteiger partial charge is 0.0667 e. The summed E-state index contributed by atoms with van der Waals surface area (Å²) in [6, 6.07) is 2.14. The molecule has 0 aliphatic heterocycles. The molecule has 2 aromatic heterocycles. The molecule has 0 unspecified atom stereocenters. The SMILES string of the molecule is CC(C)(C)NCc1cnn(Cc2ccsc2)c1. The Morgan fingerprint density at radius 3 is 2.82 bits per heavy atom. The Labute approximate surface area is 106 Å². The van der Waals surface area contributed by atoms with Gasteiger partial charge in [-0.05, 0) is 43.2 Å². The topological polar surface area (TPSA) is 29.9 Å². The highest BCUT2D eigenvalue weighted by Crippen LogP contribution is 2.09. The van der Waals surface area contributed by atoms with Crippen molar-refractivity contribution < 1.29 is 0 Å². The van der Waals surface area contributed by atoms with Crippen LogP contribution in [0.2, 0.25) is 0 Å². The largest absolute Gasteiger partial charge is 0.308 e. The number of hydrogen-bond donors (Lipinski definition) is 1. The van der Waals surface area contributed by atoms with Crippen LogP contribution in [0, 0.1) is 0 Å². The standard InChI is InChI=1S/C13H19N3S/c1-13(2,3)14-6-12-7-15-16(9-12)8-11-4-5-17-10-11/h4-5,7,9-10,14H,6,8H2,1-3H3. The molecule has 0 aromatic carbocycles. The molecule has 92 valence electrons. The van der Waals surface area contributed by atoms with Gasteiger partial charge in [0.05, 0.1) is 12.7 Å². The molecular formula is C13H19N3S. The van der Waals surface area contributed by atoms with E-state index in [1.54, 1.807) is 11.3 Å². The second-order valence-electron chi connectivity index (χ2n) is 5.28. The summed E-state index contributed by atoms with van der Waals surface area (Å²) < 4.78 is 1.99. The molecule has 2 aromatic rings. The normalized spacial score (nSPS) is 11.9. The predicted molar refractivity (Wildman–Crippen MR) is 72.2 cm³/mol. The lowest BCUT2D eigenvalue weighted by molar-refractivity contribution is 0.424. The molecule has 3 nitrogen and oxygen atoms in total. The molecule has 0 radical (unpaired) electrons. The molecule has 0 spiro atoms. The van der Waals surface area contributed by atoms with Gasteiger partial charge in [0.2, 0.25) is 0 Å². The fourth-order valence-corrected chi connectivity index (χ4v) is 2.18. The van der Waals surface area contributed by atoms with Crippen molar-refractivity contribution in [1.29, 1.82) is 0 Å². The summed E-state index contributed by atoms with van der Waals surface area (Å²) in [7, 11) is 0. The van der Waals surface area contributed by atoms with E-state index in [4.69, 9.17) is 0 Å². The second kappa shape index (κ2) is 5.02. The molecule has 2 heterocycles. The van der Waals surface area contributed by atoms with Gasteiger partial charge >= 0.3 is 0 Å². The first-order chi connectivity index (χ1) is 8.03. The third kappa shape index (κ3) is 3.98. The molecule has 17 heavy (non-hydrogen) atoms. The zero-order chi connectivity index (χ0) is 12.3. The molecule has 0 fully saturated rings. The number of nitrogens with zero attached hydrogens (tertiary/aromatic N) is 2. The van der Waals surface area contributed by atoms with Crippen LogP contribution in [0.25, 0.3) is 0 Å². The van der Waals surface area contributed by atoms with E-state index in [9.17, 15) is 0 Å². The van der Waals surface area contributed by atoms with E-state index in [-0.39, 0.29) is 5.54 Å². The highest BCUT2D eigenvalue weighted by molar-refractivity contribution is 7.07. The summed E-state index contributed by atoms with van der Waals surface area (Å²) in [6.45, 7) is 8.24. The molecule has 0 bridgehead atoms. The molecule has 0 aliphatic rings. The van der Waals surface area contributed by atoms with Crippen molar-refractivity contribution in [3.05, 3.63) is 40.3 Å². The van der Waals surface area contributed by atoms with Crippen molar-refractivity contribution in [2.24, 2.45) is 0 Å².